The largest absolute Gasteiger partial charge is 0.368 e. The van der Waals surface area contributed by atoms with E-state index in [-0.39, 0.29) is 0 Å². The monoisotopic (exact) mass is 349 g/mol. The van der Waals surface area contributed by atoms with E-state index in [1.54, 1.807) is 0 Å². The van der Waals surface area contributed by atoms with Crippen LogP contribution in [0.1, 0.15) is 26.2 Å². The average Bonchev–Trinajstić information content (AvgIpc) is 2.61. The lowest BCUT2D eigenvalue weighted by atomic mass is 9.99. The number of hydrogen-bond acceptors (Lipinski definition) is 3. The molecule has 2 aliphatic rings. The molecule has 0 spiro atoms. The maximum Gasteiger partial charge on any atom is 0.223 e. The molecular weight excluding hydrogens is 322 g/mol. The van der Waals surface area contributed by atoms with Gasteiger partial charge < -0.3 is 14.7 Å². The molecule has 5 heteroatoms. The van der Waals surface area contributed by atoms with Crippen LogP contribution in [0, 0.1) is 5.92 Å². The van der Waals surface area contributed by atoms with Gasteiger partial charge in [-0.05, 0) is 50.0 Å². The molecule has 0 bridgehead atoms. The van der Waals surface area contributed by atoms with Gasteiger partial charge in [0.15, 0.2) is 0 Å². The van der Waals surface area contributed by atoms with Crippen molar-refractivity contribution < 1.29 is 4.79 Å². The second kappa shape index (κ2) is 8.21. The number of nitrogens with zero attached hydrogens (tertiary/aromatic N) is 3. The molecule has 132 valence electrons. The van der Waals surface area contributed by atoms with Crippen molar-refractivity contribution in [1.82, 2.24) is 9.80 Å². The third kappa shape index (κ3) is 4.64. The Hall–Kier alpha value is -1.26. The summed E-state index contributed by atoms with van der Waals surface area (Å²) in [7, 11) is 0. The van der Waals surface area contributed by atoms with Crippen LogP contribution in [-0.2, 0) is 4.79 Å². The fraction of sp³-hybridized carbons (Fsp3) is 0.632. The summed E-state index contributed by atoms with van der Waals surface area (Å²) in [6.45, 7) is 8.92. The minimum Gasteiger partial charge on any atom is -0.368 e. The Morgan fingerprint density at radius 3 is 2.50 bits per heavy atom. The van der Waals surface area contributed by atoms with E-state index < -0.39 is 0 Å². The molecule has 0 atom stereocenters. The molecule has 4 nitrogen and oxygen atoms in total. The number of halogens is 1. The highest BCUT2D eigenvalue weighted by Crippen LogP contribution is 2.21. The molecule has 3 rings (SSSR count). The van der Waals surface area contributed by atoms with Crippen LogP contribution in [-0.4, -0.2) is 61.5 Å². The molecule has 0 saturated carbocycles. The number of piperidine rings is 1. The Balaban J connectivity index is 1.42. The molecule has 24 heavy (non-hydrogen) atoms. The number of carbonyl (C=O) groups is 1. The molecule has 1 amide bonds. The van der Waals surface area contributed by atoms with Gasteiger partial charge in [-0.2, -0.15) is 0 Å². The number of hydrogen-bond donors (Lipinski definition) is 0. The summed E-state index contributed by atoms with van der Waals surface area (Å²) in [6.07, 6.45) is 3.20. The molecule has 0 N–H and O–H groups in total. The van der Waals surface area contributed by atoms with Gasteiger partial charge in [0, 0.05) is 49.9 Å². The van der Waals surface area contributed by atoms with Crippen LogP contribution in [0.25, 0.3) is 0 Å². The standard InChI is InChI=1S/C19H28ClN3O/c1-16-5-8-21(9-6-16)10-7-19(24)23-13-11-22(12-14-23)18-4-2-3-17(20)15-18/h2-4,15-16H,5-14H2,1H3. The predicted octanol–water partition coefficient (Wildman–Crippen LogP) is 3.11. The molecule has 0 unspecified atom stereocenters. The average molecular weight is 350 g/mol. The summed E-state index contributed by atoms with van der Waals surface area (Å²) in [5.41, 5.74) is 1.15. The Labute approximate surface area is 150 Å². The minimum absolute atomic E-state index is 0.305. The number of amides is 1. The molecule has 2 heterocycles. The van der Waals surface area contributed by atoms with Crippen molar-refractivity contribution in [3.05, 3.63) is 29.3 Å². The number of likely N-dealkylation sites (tertiary alicyclic amines) is 1. The molecule has 2 fully saturated rings. The van der Waals surface area contributed by atoms with E-state index in [1.165, 1.54) is 12.8 Å². The van der Waals surface area contributed by atoms with E-state index in [1.807, 2.05) is 23.1 Å². The first-order chi connectivity index (χ1) is 11.6. The lowest BCUT2D eigenvalue weighted by Crippen LogP contribution is -2.49. The van der Waals surface area contributed by atoms with Crippen LogP contribution in [0.5, 0.6) is 0 Å². The molecule has 1 aromatic rings. The van der Waals surface area contributed by atoms with Gasteiger partial charge in [0.1, 0.15) is 0 Å². The summed E-state index contributed by atoms with van der Waals surface area (Å²) in [4.78, 5) is 19.2. The fourth-order valence-corrected chi connectivity index (χ4v) is 3.77. The molecule has 1 aromatic carbocycles. The third-order valence-corrected chi connectivity index (χ3v) is 5.56. The van der Waals surface area contributed by atoms with Gasteiger partial charge in [0.2, 0.25) is 5.91 Å². The Morgan fingerprint density at radius 2 is 1.83 bits per heavy atom. The quantitative estimate of drug-likeness (QED) is 0.835. The van der Waals surface area contributed by atoms with E-state index in [4.69, 9.17) is 11.6 Å². The molecule has 2 saturated heterocycles. The van der Waals surface area contributed by atoms with E-state index in [0.717, 1.165) is 62.4 Å². The number of piperazine rings is 1. The number of benzene rings is 1. The highest BCUT2D eigenvalue weighted by atomic mass is 35.5. The summed E-state index contributed by atoms with van der Waals surface area (Å²) in [5.74, 6) is 1.15. The summed E-state index contributed by atoms with van der Waals surface area (Å²) >= 11 is 6.07. The first kappa shape index (κ1) is 17.6. The fourth-order valence-electron chi connectivity index (χ4n) is 3.58. The van der Waals surface area contributed by atoms with Crippen molar-refractivity contribution in [2.24, 2.45) is 5.92 Å². The van der Waals surface area contributed by atoms with Crippen molar-refractivity contribution in [1.29, 1.82) is 0 Å². The highest BCUT2D eigenvalue weighted by molar-refractivity contribution is 6.30. The number of rotatable bonds is 4. The van der Waals surface area contributed by atoms with Crippen LogP contribution < -0.4 is 4.90 Å². The van der Waals surface area contributed by atoms with Crippen molar-refractivity contribution in [3.8, 4) is 0 Å². The maximum atomic E-state index is 12.5. The van der Waals surface area contributed by atoms with Crippen molar-refractivity contribution in [2.75, 3.05) is 50.7 Å². The zero-order valence-electron chi connectivity index (χ0n) is 14.6. The van der Waals surface area contributed by atoms with Gasteiger partial charge in [-0.25, -0.2) is 0 Å². The van der Waals surface area contributed by atoms with Crippen LogP contribution in [0.3, 0.4) is 0 Å². The molecule has 0 aromatic heterocycles. The number of anilines is 1. The highest BCUT2D eigenvalue weighted by Gasteiger charge is 2.22. The van der Waals surface area contributed by atoms with Crippen molar-refractivity contribution in [2.45, 2.75) is 26.2 Å². The first-order valence-corrected chi connectivity index (χ1v) is 9.50. The van der Waals surface area contributed by atoms with Crippen LogP contribution in [0.4, 0.5) is 5.69 Å². The molecular formula is C19H28ClN3O. The van der Waals surface area contributed by atoms with Gasteiger partial charge in [0.05, 0.1) is 0 Å². The summed E-state index contributed by atoms with van der Waals surface area (Å²) < 4.78 is 0. The maximum absolute atomic E-state index is 12.5. The van der Waals surface area contributed by atoms with E-state index in [9.17, 15) is 4.79 Å². The zero-order valence-corrected chi connectivity index (χ0v) is 15.3. The van der Waals surface area contributed by atoms with Gasteiger partial charge in [-0.1, -0.05) is 24.6 Å². The Kier molecular flexibility index (Phi) is 6.01. The topological polar surface area (TPSA) is 26.8 Å². The van der Waals surface area contributed by atoms with Crippen LogP contribution in [0.2, 0.25) is 5.02 Å². The summed E-state index contributed by atoms with van der Waals surface area (Å²) in [6, 6.07) is 7.96. The van der Waals surface area contributed by atoms with E-state index >= 15 is 0 Å². The summed E-state index contributed by atoms with van der Waals surface area (Å²) in [5, 5.41) is 0.766. The lowest BCUT2D eigenvalue weighted by molar-refractivity contribution is -0.131. The SMILES string of the molecule is CC1CCN(CCC(=O)N2CCN(c3cccc(Cl)c3)CC2)CC1. The lowest BCUT2D eigenvalue weighted by Gasteiger charge is -2.37. The molecule has 0 aliphatic carbocycles. The molecule has 0 radical (unpaired) electrons. The number of carbonyl (C=O) groups excluding carboxylic acids is 1. The predicted molar refractivity (Wildman–Crippen MR) is 99.7 cm³/mol. The second-order valence-corrected chi connectivity index (χ2v) is 7.56. The van der Waals surface area contributed by atoms with Crippen LogP contribution in [0.15, 0.2) is 24.3 Å². The smallest absolute Gasteiger partial charge is 0.223 e. The normalized spacial score (nSPS) is 20.4. The zero-order chi connectivity index (χ0) is 16.9. The second-order valence-electron chi connectivity index (χ2n) is 7.12. The van der Waals surface area contributed by atoms with Gasteiger partial charge >= 0.3 is 0 Å². The third-order valence-electron chi connectivity index (χ3n) is 5.32. The van der Waals surface area contributed by atoms with E-state index in [0.29, 0.717) is 12.3 Å². The molecule has 2 aliphatic heterocycles. The first-order valence-electron chi connectivity index (χ1n) is 9.12. The van der Waals surface area contributed by atoms with Gasteiger partial charge in [0.25, 0.3) is 0 Å². The van der Waals surface area contributed by atoms with Crippen molar-refractivity contribution in [3.63, 3.8) is 0 Å². The van der Waals surface area contributed by atoms with Gasteiger partial charge in [-0.15, -0.1) is 0 Å². The van der Waals surface area contributed by atoms with Gasteiger partial charge in [-0.3, -0.25) is 4.79 Å². The Morgan fingerprint density at radius 1 is 1.12 bits per heavy atom. The van der Waals surface area contributed by atoms with E-state index in [2.05, 4.69) is 22.8 Å². The minimum atomic E-state index is 0.305. The van der Waals surface area contributed by atoms with Crippen LogP contribution >= 0.6 is 11.6 Å². The Bertz CT molecular complexity index is 549. The van der Waals surface area contributed by atoms with Crippen molar-refractivity contribution >= 4 is 23.2 Å².